The minimum Gasteiger partial charge on any atom is -0.494 e. The maximum Gasteiger partial charge on any atom is 0.191 e. The molecule has 1 unspecified atom stereocenters. The Kier molecular flexibility index (Phi) is 8.00. The van der Waals surface area contributed by atoms with Crippen LogP contribution in [0.2, 0.25) is 0 Å². The van der Waals surface area contributed by atoms with Crippen molar-refractivity contribution in [3.8, 4) is 11.5 Å². The van der Waals surface area contributed by atoms with Gasteiger partial charge in [0.1, 0.15) is 17.6 Å². The summed E-state index contributed by atoms with van der Waals surface area (Å²) in [4.78, 5) is 6.86. The van der Waals surface area contributed by atoms with Crippen LogP contribution in [0.3, 0.4) is 0 Å². The van der Waals surface area contributed by atoms with Crippen molar-refractivity contribution in [1.29, 1.82) is 0 Å². The number of methoxy groups -OCH3 is 1. The van der Waals surface area contributed by atoms with Gasteiger partial charge in [0.05, 0.1) is 13.2 Å². The van der Waals surface area contributed by atoms with Gasteiger partial charge in [0, 0.05) is 63.9 Å². The number of nitrogens with zero attached hydrogens (tertiary/aromatic N) is 2. The number of fused-ring (bicyclic) bond motifs is 1. The molecule has 2 N–H and O–H groups in total. The molecule has 1 aliphatic carbocycles. The topological polar surface area (TPSA) is 67.4 Å². The number of nitrogens with one attached hydrogen (secondary N) is 2. The molecule has 7 heteroatoms. The summed E-state index contributed by atoms with van der Waals surface area (Å²) in [5, 5.41) is 6.83. The molecule has 1 atom stereocenters. The zero-order valence-corrected chi connectivity index (χ0v) is 18.3. The van der Waals surface area contributed by atoms with E-state index in [0.717, 1.165) is 61.7 Å². The molecule has 1 aromatic rings. The third kappa shape index (κ3) is 6.24. The molecule has 0 aromatic heterocycles. The van der Waals surface area contributed by atoms with E-state index in [0.29, 0.717) is 13.2 Å². The normalized spacial score (nSPS) is 18.5. The van der Waals surface area contributed by atoms with Gasteiger partial charge in [-0.2, -0.15) is 0 Å². The number of ether oxygens (including phenoxy) is 3. The van der Waals surface area contributed by atoms with Crippen LogP contribution >= 0.6 is 0 Å². The van der Waals surface area contributed by atoms with Crippen LogP contribution in [0.25, 0.3) is 0 Å². The maximum absolute atomic E-state index is 5.92. The summed E-state index contributed by atoms with van der Waals surface area (Å²) in [6.07, 6.45) is 3.77. The van der Waals surface area contributed by atoms with Gasteiger partial charge in [-0.05, 0) is 38.8 Å². The second-order valence-electron chi connectivity index (χ2n) is 7.75. The summed E-state index contributed by atoms with van der Waals surface area (Å²) in [7, 11) is 3.56. The molecule has 1 fully saturated rings. The zero-order valence-electron chi connectivity index (χ0n) is 18.3. The first-order valence-corrected chi connectivity index (χ1v) is 10.8. The molecule has 0 bridgehead atoms. The van der Waals surface area contributed by atoms with Crippen LogP contribution in [0.1, 0.15) is 37.8 Å². The second-order valence-corrected chi connectivity index (χ2v) is 7.75. The Bertz CT molecular complexity index is 691. The standard InChI is InChI=1S/C22H36N4O3/c1-5-28-20-13-17-12-16(2)29-21(17)14-18(20)15-25-22(23-3)24-8-9-26(10-11-27-4)19-6-7-19/h13-14,16,19H,5-12,15H2,1-4H3,(H2,23,24,25). The number of hydrogen-bond donors (Lipinski definition) is 2. The molecule has 1 saturated carbocycles. The van der Waals surface area contributed by atoms with Gasteiger partial charge >= 0.3 is 0 Å². The monoisotopic (exact) mass is 404 g/mol. The Morgan fingerprint density at radius 1 is 1.28 bits per heavy atom. The van der Waals surface area contributed by atoms with Gasteiger partial charge < -0.3 is 24.8 Å². The minimum atomic E-state index is 0.227. The molecule has 1 aromatic carbocycles. The first-order chi connectivity index (χ1) is 14.1. The summed E-state index contributed by atoms with van der Waals surface area (Å²) in [6.45, 7) is 9.00. The molecule has 0 radical (unpaired) electrons. The van der Waals surface area contributed by atoms with Crippen molar-refractivity contribution in [3.63, 3.8) is 0 Å². The van der Waals surface area contributed by atoms with E-state index in [-0.39, 0.29) is 6.10 Å². The van der Waals surface area contributed by atoms with Crippen molar-refractivity contribution in [2.24, 2.45) is 4.99 Å². The minimum absolute atomic E-state index is 0.227. The van der Waals surface area contributed by atoms with Crippen LogP contribution < -0.4 is 20.1 Å². The number of aliphatic imine (C=N–C) groups is 1. The van der Waals surface area contributed by atoms with Crippen molar-refractivity contribution in [1.82, 2.24) is 15.5 Å². The van der Waals surface area contributed by atoms with E-state index in [1.54, 1.807) is 14.2 Å². The van der Waals surface area contributed by atoms with E-state index in [1.807, 2.05) is 6.92 Å². The average Bonchev–Trinajstić information content (AvgIpc) is 3.48. The lowest BCUT2D eigenvalue weighted by Crippen LogP contribution is -2.42. The maximum atomic E-state index is 5.92. The molecule has 29 heavy (non-hydrogen) atoms. The van der Waals surface area contributed by atoms with Crippen LogP contribution in [0.15, 0.2) is 17.1 Å². The SMILES string of the molecule is CCOc1cc2c(cc1CNC(=NC)NCCN(CCOC)C1CC1)OC(C)C2. The van der Waals surface area contributed by atoms with Gasteiger partial charge in [0.15, 0.2) is 5.96 Å². The molecule has 0 saturated heterocycles. The van der Waals surface area contributed by atoms with Crippen molar-refractivity contribution in [3.05, 3.63) is 23.3 Å². The van der Waals surface area contributed by atoms with Crippen molar-refractivity contribution < 1.29 is 14.2 Å². The first kappa shape index (κ1) is 21.7. The van der Waals surface area contributed by atoms with Gasteiger partial charge in [0.25, 0.3) is 0 Å². The van der Waals surface area contributed by atoms with Crippen LogP contribution in [0, 0.1) is 0 Å². The quantitative estimate of drug-likeness (QED) is 0.435. The lowest BCUT2D eigenvalue weighted by Gasteiger charge is -2.22. The third-order valence-corrected chi connectivity index (χ3v) is 5.39. The smallest absolute Gasteiger partial charge is 0.191 e. The summed E-state index contributed by atoms with van der Waals surface area (Å²) in [5.41, 5.74) is 2.31. The Morgan fingerprint density at radius 3 is 2.79 bits per heavy atom. The van der Waals surface area contributed by atoms with Crippen molar-refractivity contribution in [2.75, 3.05) is 47.0 Å². The fraction of sp³-hybridized carbons (Fsp3) is 0.682. The van der Waals surface area contributed by atoms with Gasteiger partial charge in [-0.25, -0.2) is 0 Å². The van der Waals surface area contributed by atoms with Crippen LogP contribution in [-0.4, -0.2) is 70.0 Å². The summed E-state index contributed by atoms with van der Waals surface area (Å²) < 4.78 is 17.0. The Labute approximate surface area is 174 Å². The van der Waals surface area contributed by atoms with E-state index in [1.165, 1.54) is 18.4 Å². The predicted octanol–water partition coefficient (Wildman–Crippen LogP) is 2.18. The number of guanidine groups is 1. The van der Waals surface area contributed by atoms with Crippen LogP contribution in [0.4, 0.5) is 0 Å². The van der Waals surface area contributed by atoms with Gasteiger partial charge in [0.2, 0.25) is 0 Å². The number of hydrogen-bond acceptors (Lipinski definition) is 5. The van der Waals surface area contributed by atoms with E-state index in [2.05, 4.69) is 39.6 Å². The highest BCUT2D eigenvalue weighted by Gasteiger charge is 2.28. The van der Waals surface area contributed by atoms with Gasteiger partial charge in [-0.1, -0.05) is 0 Å². The number of benzene rings is 1. The zero-order chi connectivity index (χ0) is 20.6. The van der Waals surface area contributed by atoms with E-state index >= 15 is 0 Å². The predicted molar refractivity (Wildman–Crippen MR) is 116 cm³/mol. The molecule has 162 valence electrons. The van der Waals surface area contributed by atoms with Gasteiger partial charge in [-0.15, -0.1) is 0 Å². The number of rotatable bonds is 11. The van der Waals surface area contributed by atoms with E-state index in [4.69, 9.17) is 14.2 Å². The average molecular weight is 405 g/mol. The molecule has 2 aliphatic rings. The summed E-state index contributed by atoms with van der Waals surface area (Å²) in [5.74, 6) is 2.69. The van der Waals surface area contributed by atoms with Crippen LogP contribution in [0.5, 0.6) is 11.5 Å². The highest BCUT2D eigenvalue weighted by Crippen LogP contribution is 2.35. The Hall–Kier alpha value is -1.99. The third-order valence-electron chi connectivity index (χ3n) is 5.39. The molecule has 3 rings (SSSR count). The molecular formula is C22H36N4O3. The van der Waals surface area contributed by atoms with Crippen molar-refractivity contribution in [2.45, 2.75) is 51.8 Å². The molecule has 0 amide bonds. The van der Waals surface area contributed by atoms with E-state index < -0.39 is 0 Å². The second kappa shape index (κ2) is 10.7. The van der Waals surface area contributed by atoms with E-state index in [9.17, 15) is 0 Å². The summed E-state index contributed by atoms with van der Waals surface area (Å²) >= 11 is 0. The highest BCUT2D eigenvalue weighted by atomic mass is 16.5. The summed E-state index contributed by atoms with van der Waals surface area (Å²) in [6, 6.07) is 4.95. The molecule has 1 aliphatic heterocycles. The fourth-order valence-electron chi connectivity index (χ4n) is 3.75. The fourth-order valence-corrected chi connectivity index (χ4v) is 3.75. The largest absolute Gasteiger partial charge is 0.494 e. The lowest BCUT2D eigenvalue weighted by atomic mass is 10.1. The Balaban J connectivity index is 1.52. The molecule has 7 nitrogen and oxygen atoms in total. The lowest BCUT2D eigenvalue weighted by molar-refractivity contribution is 0.144. The van der Waals surface area contributed by atoms with Crippen molar-refractivity contribution >= 4 is 5.96 Å². The highest BCUT2D eigenvalue weighted by molar-refractivity contribution is 5.79. The van der Waals surface area contributed by atoms with Gasteiger partial charge in [-0.3, -0.25) is 9.89 Å². The van der Waals surface area contributed by atoms with Crippen LogP contribution in [-0.2, 0) is 17.7 Å². The molecule has 1 heterocycles. The molecule has 0 spiro atoms. The Morgan fingerprint density at radius 2 is 2.10 bits per heavy atom. The molecular weight excluding hydrogens is 368 g/mol. The first-order valence-electron chi connectivity index (χ1n) is 10.8.